The van der Waals surface area contributed by atoms with E-state index in [1.165, 1.54) is 0 Å². The molecule has 1 aromatic heterocycles. The van der Waals surface area contributed by atoms with Gasteiger partial charge in [0.2, 0.25) is 5.91 Å². The van der Waals surface area contributed by atoms with Crippen LogP contribution in [0.5, 0.6) is 0 Å². The zero-order valence-corrected chi connectivity index (χ0v) is 9.81. The van der Waals surface area contributed by atoms with Crippen LogP contribution in [-0.2, 0) is 4.79 Å². The van der Waals surface area contributed by atoms with Crippen LogP contribution in [-0.4, -0.2) is 24.0 Å². The van der Waals surface area contributed by atoms with E-state index in [0.717, 1.165) is 5.69 Å². The molecule has 1 atom stereocenters. The number of nitriles is 1. The Hall–Kier alpha value is -1.93. The summed E-state index contributed by atoms with van der Waals surface area (Å²) in [6, 6.07) is 7.66. The van der Waals surface area contributed by atoms with Gasteiger partial charge in [-0.15, -0.1) is 0 Å². The fourth-order valence-corrected chi connectivity index (χ4v) is 1.30. The molecule has 0 bridgehead atoms. The maximum atomic E-state index is 11.4. The fraction of sp³-hybridized carbons (Fsp3) is 0.417. The molecule has 1 rings (SSSR count). The van der Waals surface area contributed by atoms with Gasteiger partial charge >= 0.3 is 0 Å². The van der Waals surface area contributed by atoms with E-state index >= 15 is 0 Å². The minimum absolute atomic E-state index is 0.0258. The SMILES string of the molecule is C[C@H](NCC(=O)NCCC#N)c1ccccn1. The van der Waals surface area contributed by atoms with Crippen LogP contribution in [0.1, 0.15) is 25.1 Å². The molecule has 0 spiro atoms. The Kier molecular flexibility index (Phi) is 5.69. The van der Waals surface area contributed by atoms with Crippen LogP contribution in [0.3, 0.4) is 0 Å². The Bertz CT molecular complexity index is 385. The summed E-state index contributed by atoms with van der Waals surface area (Å²) in [5.41, 5.74) is 0.900. The lowest BCUT2D eigenvalue weighted by atomic mass is 10.2. The quantitative estimate of drug-likeness (QED) is 0.710. The number of rotatable bonds is 6. The van der Waals surface area contributed by atoms with Crippen molar-refractivity contribution in [1.82, 2.24) is 15.6 Å². The lowest BCUT2D eigenvalue weighted by Gasteiger charge is -2.12. The van der Waals surface area contributed by atoms with Crippen molar-refractivity contribution in [3.05, 3.63) is 30.1 Å². The largest absolute Gasteiger partial charge is 0.354 e. The molecular formula is C12H16N4O. The van der Waals surface area contributed by atoms with Gasteiger partial charge in [-0.1, -0.05) is 6.07 Å². The van der Waals surface area contributed by atoms with E-state index in [0.29, 0.717) is 13.0 Å². The molecule has 5 nitrogen and oxygen atoms in total. The Balaban J connectivity index is 2.27. The average molecular weight is 232 g/mol. The maximum absolute atomic E-state index is 11.4. The zero-order chi connectivity index (χ0) is 12.5. The summed E-state index contributed by atoms with van der Waals surface area (Å²) in [4.78, 5) is 15.5. The van der Waals surface area contributed by atoms with E-state index in [9.17, 15) is 4.79 Å². The summed E-state index contributed by atoms with van der Waals surface area (Å²) in [5.74, 6) is -0.108. The van der Waals surface area contributed by atoms with Crippen LogP contribution >= 0.6 is 0 Å². The van der Waals surface area contributed by atoms with Crippen LogP contribution in [0.15, 0.2) is 24.4 Å². The Morgan fingerprint density at radius 1 is 1.59 bits per heavy atom. The fourth-order valence-electron chi connectivity index (χ4n) is 1.30. The first-order valence-electron chi connectivity index (χ1n) is 5.52. The van der Waals surface area contributed by atoms with Crippen LogP contribution in [0, 0.1) is 11.3 Å². The van der Waals surface area contributed by atoms with Gasteiger partial charge in [-0.05, 0) is 19.1 Å². The van der Waals surface area contributed by atoms with Gasteiger partial charge in [-0.25, -0.2) is 0 Å². The lowest BCUT2D eigenvalue weighted by molar-refractivity contribution is -0.120. The summed E-state index contributed by atoms with van der Waals surface area (Å²) in [7, 11) is 0. The lowest BCUT2D eigenvalue weighted by Crippen LogP contribution is -2.35. The molecule has 0 fully saturated rings. The molecule has 2 N–H and O–H groups in total. The number of amides is 1. The second-order valence-corrected chi connectivity index (χ2v) is 3.62. The Morgan fingerprint density at radius 3 is 3.06 bits per heavy atom. The molecule has 0 aliphatic rings. The minimum Gasteiger partial charge on any atom is -0.354 e. The molecule has 90 valence electrons. The van der Waals surface area contributed by atoms with E-state index in [4.69, 9.17) is 5.26 Å². The van der Waals surface area contributed by atoms with Crippen molar-refractivity contribution in [2.45, 2.75) is 19.4 Å². The molecule has 0 unspecified atom stereocenters. The molecule has 0 aromatic carbocycles. The first-order valence-corrected chi connectivity index (χ1v) is 5.52. The van der Waals surface area contributed by atoms with Gasteiger partial charge < -0.3 is 10.6 Å². The molecule has 0 radical (unpaired) electrons. The summed E-state index contributed by atoms with van der Waals surface area (Å²) >= 11 is 0. The number of hydrogen-bond donors (Lipinski definition) is 2. The van der Waals surface area contributed by atoms with Crippen molar-refractivity contribution in [1.29, 1.82) is 5.26 Å². The molecular weight excluding hydrogens is 216 g/mol. The number of carbonyl (C=O) groups excluding carboxylic acids is 1. The number of hydrogen-bond acceptors (Lipinski definition) is 4. The first kappa shape index (κ1) is 13.1. The van der Waals surface area contributed by atoms with Gasteiger partial charge in [-0.2, -0.15) is 5.26 Å². The molecule has 1 amide bonds. The Morgan fingerprint density at radius 2 is 2.41 bits per heavy atom. The normalized spacial score (nSPS) is 11.5. The van der Waals surface area contributed by atoms with Gasteiger partial charge in [0.25, 0.3) is 0 Å². The summed E-state index contributed by atoms with van der Waals surface area (Å²) < 4.78 is 0. The van der Waals surface area contributed by atoms with Gasteiger partial charge in [0.05, 0.1) is 24.7 Å². The van der Waals surface area contributed by atoms with Gasteiger partial charge in [0.1, 0.15) is 0 Å². The summed E-state index contributed by atoms with van der Waals surface area (Å²) in [6.45, 7) is 2.57. The minimum atomic E-state index is -0.108. The van der Waals surface area contributed by atoms with Gasteiger partial charge in [0, 0.05) is 18.8 Å². The van der Waals surface area contributed by atoms with Crippen molar-refractivity contribution in [2.24, 2.45) is 0 Å². The number of nitrogens with one attached hydrogen (secondary N) is 2. The summed E-state index contributed by atoms with van der Waals surface area (Å²) in [5, 5.41) is 14.0. The smallest absolute Gasteiger partial charge is 0.234 e. The van der Waals surface area contributed by atoms with Gasteiger partial charge in [-0.3, -0.25) is 9.78 Å². The predicted octanol–water partition coefficient (Wildman–Crippen LogP) is 0.762. The summed E-state index contributed by atoms with van der Waals surface area (Å²) in [6.07, 6.45) is 2.06. The molecule has 0 saturated heterocycles. The average Bonchev–Trinajstić information content (AvgIpc) is 2.37. The monoisotopic (exact) mass is 232 g/mol. The van der Waals surface area contributed by atoms with E-state index in [2.05, 4.69) is 15.6 Å². The number of pyridine rings is 1. The molecule has 1 aromatic rings. The van der Waals surface area contributed by atoms with Crippen molar-refractivity contribution >= 4 is 5.91 Å². The van der Waals surface area contributed by atoms with E-state index in [1.54, 1.807) is 6.20 Å². The van der Waals surface area contributed by atoms with Crippen LogP contribution in [0.25, 0.3) is 0 Å². The van der Waals surface area contributed by atoms with Crippen LogP contribution < -0.4 is 10.6 Å². The maximum Gasteiger partial charge on any atom is 0.234 e. The molecule has 1 heterocycles. The number of aromatic nitrogens is 1. The van der Waals surface area contributed by atoms with Crippen LogP contribution in [0.4, 0.5) is 0 Å². The van der Waals surface area contributed by atoms with Crippen LogP contribution in [0.2, 0.25) is 0 Å². The Labute approximate surface area is 101 Å². The third kappa shape index (κ3) is 5.09. The van der Waals surface area contributed by atoms with Crippen molar-refractivity contribution in [3.63, 3.8) is 0 Å². The third-order valence-electron chi connectivity index (χ3n) is 2.26. The van der Waals surface area contributed by atoms with Crippen molar-refractivity contribution in [3.8, 4) is 6.07 Å². The highest BCUT2D eigenvalue weighted by atomic mass is 16.1. The predicted molar refractivity (Wildman–Crippen MR) is 63.9 cm³/mol. The zero-order valence-electron chi connectivity index (χ0n) is 9.81. The van der Waals surface area contributed by atoms with Crippen molar-refractivity contribution in [2.75, 3.05) is 13.1 Å². The standard InChI is InChI=1S/C12H16N4O/c1-10(11-5-2-3-7-14-11)16-9-12(17)15-8-4-6-13/h2-3,5,7,10,16H,4,8-9H2,1H3,(H,15,17)/t10-/m0/s1. The molecule has 0 aliphatic carbocycles. The van der Waals surface area contributed by atoms with E-state index < -0.39 is 0 Å². The highest BCUT2D eigenvalue weighted by Gasteiger charge is 2.07. The topological polar surface area (TPSA) is 77.8 Å². The second-order valence-electron chi connectivity index (χ2n) is 3.62. The number of carbonyl (C=O) groups is 1. The highest BCUT2D eigenvalue weighted by Crippen LogP contribution is 2.06. The number of nitrogens with zero attached hydrogens (tertiary/aromatic N) is 2. The third-order valence-corrected chi connectivity index (χ3v) is 2.26. The highest BCUT2D eigenvalue weighted by molar-refractivity contribution is 5.78. The van der Waals surface area contributed by atoms with Crippen molar-refractivity contribution < 1.29 is 4.79 Å². The van der Waals surface area contributed by atoms with E-state index in [1.807, 2.05) is 31.2 Å². The molecule has 0 aliphatic heterocycles. The molecule has 5 heteroatoms. The molecule has 17 heavy (non-hydrogen) atoms. The molecule has 0 saturated carbocycles. The second kappa shape index (κ2) is 7.36. The van der Waals surface area contributed by atoms with Gasteiger partial charge in [0.15, 0.2) is 0 Å². The van der Waals surface area contributed by atoms with E-state index in [-0.39, 0.29) is 18.5 Å². The first-order chi connectivity index (χ1) is 8.24.